The van der Waals surface area contributed by atoms with Gasteiger partial charge in [0.1, 0.15) is 5.69 Å². The van der Waals surface area contributed by atoms with Gasteiger partial charge in [0, 0.05) is 0 Å². The van der Waals surface area contributed by atoms with Crippen LogP contribution in [-0.4, -0.2) is 21.0 Å². The van der Waals surface area contributed by atoms with E-state index in [0.29, 0.717) is 6.20 Å². The zero-order valence-corrected chi connectivity index (χ0v) is 5.51. The number of aromatic amines is 1. The minimum Gasteiger partial charge on any atom is -0.477 e. The van der Waals surface area contributed by atoms with Crippen molar-refractivity contribution in [2.75, 3.05) is 0 Å². The van der Waals surface area contributed by atoms with Crippen LogP contribution in [0.1, 0.15) is 16.3 Å². The van der Waals surface area contributed by atoms with Gasteiger partial charge in [-0.15, -0.1) is 0 Å². The van der Waals surface area contributed by atoms with Crippen molar-refractivity contribution in [2.45, 2.75) is 6.18 Å². The Morgan fingerprint density at radius 2 is 2.17 bits per heavy atom. The molecule has 0 aliphatic carbocycles. The van der Waals surface area contributed by atoms with E-state index in [9.17, 15) is 18.0 Å². The largest absolute Gasteiger partial charge is 0.477 e. The Hall–Kier alpha value is -1.53. The van der Waals surface area contributed by atoms with Gasteiger partial charge in [0.25, 0.3) is 0 Å². The van der Waals surface area contributed by atoms with E-state index in [1.54, 1.807) is 4.98 Å². The van der Waals surface area contributed by atoms with Crippen LogP contribution in [0, 0.1) is 0 Å². The van der Waals surface area contributed by atoms with E-state index in [1.807, 2.05) is 0 Å². The highest BCUT2D eigenvalue weighted by molar-refractivity contribution is 5.85. The van der Waals surface area contributed by atoms with E-state index >= 15 is 0 Å². The molecule has 1 aromatic heterocycles. The minimum atomic E-state index is -4.63. The number of aromatic nitrogens is 2. The van der Waals surface area contributed by atoms with Crippen molar-refractivity contribution in [1.29, 1.82) is 0 Å². The summed E-state index contributed by atoms with van der Waals surface area (Å²) < 4.78 is 35.3. The number of hydrogen-bond acceptors (Lipinski definition) is 2. The van der Waals surface area contributed by atoms with Gasteiger partial charge in [-0.1, -0.05) is 0 Å². The summed E-state index contributed by atoms with van der Waals surface area (Å²) in [5.74, 6) is -2.78. The third-order valence-electron chi connectivity index (χ3n) is 1.07. The Morgan fingerprint density at radius 3 is 2.42 bits per heavy atom. The lowest BCUT2D eigenvalue weighted by Gasteiger charge is -1.99. The van der Waals surface area contributed by atoms with Crippen LogP contribution in [0.4, 0.5) is 13.2 Å². The molecular formula is C5H3F3N2O2. The fraction of sp³-hybridized carbons (Fsp3) is 0.200. The first-order valence-electron chi connectivity index (χ1n) is 2.77. The highest BCUT2D eigenvalue weighted by Gasteiger charge is 2.34. The van der Waals surface area contributed by atoms with Crippen molar-refractivity contribution < 1.29 is 23.1 Å². The molecule has 0 amide bonds. The highest BCUT2D eigenvalue weighted by Crippen LogP contribution is 2.25. The summed E-state index contributed by atoms with van der Waals surface area (Å²) in [6.45, 7) is 0. The maximum atomic E-state index is 11.8. The fourth-order valence-corrected chi connectivity index (χ4v) is 0.574. The van der Waals surface area contributed by atoms with Crippen LogP contribution in [0.15, 0.2) is 6.20 Å². The van der Waals surface area contributed by atoms with Crippen molar-refractivity contribution in [3.63, 3.8) is 0 Å². The lowest BCUT2D eigenvalue weighted by Crippen LogP contribution is -2.08. The van der Waals surface area contributed by atoms with Crippen molar-refractivity contribution >= 4 is 5.97 Å². The molecule has 1 aromatic rings. The molecule has 0 bridgehead atoms. The van der Waals surface area contributed by atoms with E-state index in [4.69, 9.17) is 5.11 Å². The summed E-state index contributed by atoms with van der Waals surface area (Å²) in [6, 6.07) is 0. The Kier molecular flexibility index (Phi) is 1.79. The monoisotopic (exact) mass is 180 g/mol. The Bertz CT molecular complexity index is 304. The van der Waals surface area contributed by atoms with Crippen LogP contribution in [0.5, 0.6) is 0 Å². The molecule has 7 heteroatoms. The quantitative estimate of drug-likeness (QED) is 0.680. The fourth-order valence-electron chi connectivity index (χ4n) is 0.574. The zero-order valence-electron chi connectivity index (χ0n) is 5.51. The molecule has 66 valence electrons. The lowest BCUT2D eigenvalue weighted by atomic mass is 10.5. The minimum absolute atomic E-state index is 0.581. The maximum Gasteiger partial charge on any atom is 0.449 e. The predicted molar refractivity (Wildman–Crippen MR) is 30.5 cm³/mol. The predicted octanol–water partition coefficient (Wildman–Crippen LogP) is 1.13. The summed E-state index contributed by atoms with van der Waals surface area (Å²) >= 11 is 0. The SMILES string of the molecule is O=C(O)c1cnc(C(F)(F)F)[nH]1. The molecule has 12 heavy (non-hydrogen) atoms. The second-order valence-corrected chi connectivity index (χ2v) is 1.95. The number of nitrogens with one attached hydrogen (secondary N) is 1. The summed E-state index contributed by atoms with van der Waals surface area (Å²) in [7, 11) is 0. The first-order valence-corrected chi connectivity index (χ1v) is 2.77. The molecule has 0 aliphatic heterocycles. The molecule has 1 rings (SSSR count). The highest BCUT2D eigenvalue weighted by atomic mass is 19.4. The molecule has 1 heterocycles. The Morgan fingerprint density at radius 1 is 1.58 bits per heavy atom. The van der Waals surface area contributed by atoms with Gasteiger partial charge < -0.3 is 10.1 Å². The van der Waals surface area contributed by atoms with Crippen LogP contribution < -0.4 is 0 Å². The van der Waals surface area contributed by atoms with Crippen molar-refractivity contribution in [1.82, 2.24) is 9.97 Å². The first-order chi connectivity index (χ1) is 5.41. The summed E-state index contributed by atoms with van der Waals surface area (Å²) in [5, 5.41) is 8.23. The molecule has 0 aromatic carbocycles. The number of hydrogen-bond donors (Lipinski definition) is 2. The molecule has 0 fully saturated rings. The van der Waals surface area contributed by atoms with E-state index in [2.05, 4.69) is 4.98 Å². The number of alkyl halides is 3. The number of halogens is 3. The first kappa shape index (κ1) is 8.57. The average Bonchev–Trinajstić information content (AvgIpc) is 2.30. The summed E-state index contributed by atoms with van der Waals surface area (Å²) in [6.07, 6.45) is -4.02. The van der Waals surface area contributed by atoms with Gasteiger partial charge in [-0.2, -0.15) is 13.2 Å². The summed E-state index contributed by atoms with van der Waals surface area (Å²) in [4.78, 5) is 14.6. The van der Waals surface area contributed by atoms with E-state index in [-0.39, 0.29) is 0 Å². The zero-order chi connectivity index (χ0) is 9.35. The van der Waals surface area contributed by atoms with Crippen LogP contribution >= 0.6 is 0 Å². The molecule has 0 saturated heterocycles. The average molecular weight is 180 g/mol. The van der Waals surface area contributed by atoms with E-state index in [1.165, 1.54) is 0 Å². The maximum absolute atomic E-state index is 11.8. The Labute approximate surface area is 64.0 Å². The van der Waals surface area contributed by atoms with Crippen LogP contribution in [-0.2, 0) is 6.18 Å². The van der Waals surface area contributed by atoms with Gasteiger partial charge in [-0.3, -0.25) is 0 Å². The number of aromatic carboxylic acids is 1. The molecule has 0 atom stereocenters. The second kappa shape index (κ2) is 2.50. The normalized spacial score (nSPS) is 11.6. The molecule has 0 spiro atoms. The van der Waals surface area contributed by atoms with Gasteiger partial charge in [0.05, 0.1) is 6.20 Å². The molecule has 2 N–H and O–H groups in total. The number of rotatable bonds is 1. The number of nitrogens with zero attached hydrogens (tertiary/aromatic N) is 1. The van der Waals surface area contributed by atoms with Crippen molar-refractivity contribution in [2.24, 2.45) is 0 Å². The molecule has 0 aliphatic rings. The van der Waals surface area contributed by atoms with Crippen molar-refractivity contribution in [3.8, 4) is 0 Å². The number of carboxylic acid groups (broad SMARTS) is 1. The number of imidazole rings is 1. The second-order valence-electron chi connectivity index (χ2n) is 1.95. The standard InChI is InChI=1S/C5H3F3N2O2/c6-5(7,8)4-9-1-2(10-4)3(11)12/h1H,(H,9,10)(H,11,12). The third kappa shape index (κ3) is 1.55. The van der Waals surface area contributed by atoms with Crippen molar-refractivity contribution in [3.05, 3.63) is 17.7 Å². The molecule has 0 radical (unpaired) electrons. The van der Waals surface area contributed by atoms with Crippen LogP contribution in [0.3, 0.4) is 0 Å². The van der Waals surface area contributed by atoms with Crippen LogP contribution in [0.2, 0.25) is 0 Å². The van der Waals surface area contributed by atoms with Gasteiger partial charge in [-0.25, -0.2) is 9.78 Å². The number of H-pyrrole nitrogens is 1. The Balaban J connectivity index is 3.00. The molecule has 4 nitrogen and oxygen atoms in total. The molecular weight excluding hydrogens is 177 g/mol. The van der Waals surface area contributed by atoms with Gasteiger partial charge >= 0.3 is 12.1 Å². The van der Waals surface area contributed by atoms with Gasteiger partial charge in [-0.05, 0) is 0 Å². The van der Waals surface area contributed by atoms with Crippen LogP contribution in [0.25, 0.3) is 0 Å². The van der Waals surface area contributed by atoms with E-state index in [0.717, 1.165) is 0 Å². The smallest absolute Gasteiger partial charge is 0.449 e. The third-order valence-corrected chi connectivity index (χ3v) is 1.07. The van der Waals surface area contributed by atoms with Gasteiger partial charge in [0.15, 0.2) is 0 Å². The molecule has 0 unspecified atom stereocenters. The lowest BCUT2D eigenvalue weighted by molar-refractivity contribution is -0.144. The summed E-state index contributed by atoms with van der Waals surface area (Å²) in [5.41, 5.74) is -0.581. The number of carbonyl (C=O) groups is 1. The number of carboxylic acids is 1. The van der Waals surface area contributed by atoms with E-state index < -0.39 is 23.7 Å². The molecule has 0 saturated carbocycles. The van der Waals surface area contributed by atoms with Gasteiger partial charge in [0.2, 0.25) is 5.82 Å². The topological polar surface area (TPSA) is 66.0 Å².